The molecule has 4 nitrogen and oxygen atoms in total. The molecule has 2 aromatic rings. The van der Waals surface area contributed by atoms with E-state index in [2.05, 4.69) is 16.4 Å². The van der Waals surface area contributed by atoms with Gasteiger partial charge in [0.05, 0.1) is 17.8 Å². The second-order valence-electron chi connectivity index (χ2n) is 4.52. The van der Waals surface area contributed by atoms with Gasteiger partial charge in [-0.2, -0.15) is 5.26 Å². The highest BCUT2D eigenvalue weighted by Crippen LogP contribution is 2.29. The first-order chi connectivity index (χ1) is 8.54. The number of nitriles is 1. The van der Waals surface area contributed by atoms with Crippen LogP contribution in [0.25, 0.3) is 11.3 Å². The van der Waals surface area contributed by atoms with Gasteiger partial charge in [-0.25, -0.2) is 4.98 Å². The van der Waals surface area contributed by atoms with Crippen molar-refractivity contribution in [2.45, 2.75) is 19.4 Å². The Hall–Kier alpha value is -1.42. The Morgan fingerprint density at radius 1 is 1.44 bits per heavy atom. The SMILES string of the molecule is CC(C)(CO)Nc1nc(-c2csc(C#N)c2)cs1. The summed E-state index contributed by atoms with van der Waals surface area (Å²) in [6.45, 7) is 3.86. The van der Waals surface area contributed by atoms with Crippen LogP contribution in [0.5, 0.6) is 0 Å². The summed E-state index contributed by atoms with van der Waals surface area (Å²) in [5.74, 6) is 0. The van der Waals surface area contributed by atoms with E-state index < -0.39 is 0 Å². The van der Waals surface area contributed by atoms with Gasteiger partial charge in [0.25, 0.3) is 0 Å². The van der Waals surface area contributed by atoms with Gasteiger partial charge >= 0.3 is 0 Å². The molecule has 0 unspecified atom stereocenters. The molecule has 0 atom stereocenters. The summed E-state index contributed by atoms with van der Waals surface area (Å²) in [5.41, 5.74) is 1.43. The molecule has 0 radical (unpaired) electrons. The number of aliphatic hydroxyl groups is 1. The van der Waals surface area contributed by atoms with E-state index in [1.807, 2.05) is 30.7 Å². The van der Waals surface area contributed by atoms with Crippen LogP contribution >= 0.6 is 22.7 Å². The standard InChI is InChI=1S/C12H13N3OS2/c1-12(2,7-16)15-11-14-10(6-18-11)8-3-9(4-13)17-5-8/h3,5-6,16H,7H2,1-2H3,(H,14,15). The molecule has 0 spiro atoms. The fraction of sp³-hybridized carbons (Fsp3) is 0.333. The van der Waals surface area contributed by atoms with Crippen molar-refractivity contribution in [2.75, 3.05) is 11.9 Å². The molecule has 0 aliphatic heterocycles. The van der Waals surface area contributed by atoms with Crippen LogP contribution in [0, 0.1) is 11.3 Å². The minimum absolute atomic E-state index is 0.0406. The van der Waals surface area contributed by atoms with Gasteiger partial charge in [-0.1, -0.05) is 0 Å². The van der Waals surface area contributed by atoms with Crippen molar-refractivity contribution in [1.29, 1.82) is 5.26 Å². The van der Waals surface area contributed by atoms with Crippen molar-refractivity contribution in [2.24, 2.45) is 0 Å². The molecule has 0 aliphatic rings. The number of aliphatic hydroxyl groups excluding tert-OH is 1. The highest BCUT2D eigenvalue weighted by molar-refractivity contribution is 7.14. The number of rotatable bonds is 4. The quantitative estimate of drug-likeness (QED) is 0.903. The maximum absolute atomic E-state index is 9.19. The molecule has 0 saturated heterocycles. The second kappa shape index (κ2) is 5.06. The zero-order valence-electron chi connectivity index (χ0n) is 10.1. The average molecular weight is 279 g/mol. The Morgan fingerprint density at radius 2 is 2.22 bits per heavy atom. The molecule has 0 amide bonds. The van der Waals surface area contributed by atoms with Gasteiger partial charge in [0.1, 0.15) is 10.9 Å². The summed E-state index contributed by atoms with van der Waals surface area (Å²) in [4.78, 5) is 5.14. The van der Waals surface area contributed by atoms with Crippen LogP contribution in [0.4, 0.5) is 5.13 Å². The highest BCUT2D eigenvalue weighted by Gasteiger charge is 2.17. The average Bonchev–Trinajstić information content (AvgIpc) is 2.96. The normalized spacial score (nSPS) is 11.2. The minimum Gasteiger partial charge on any atom is -0.394 e. The molecule has 2 N–H and O–H groups in total. The molecule has 2 heterocycles. The molecule has 94 valence electrons. The van der Waals surface area contributed by atoms with Crippen molar-refractivity contribution in [3.8, 4) is 17.3 Å². The van der Waals surface area contributed by atoms with E-state index >= 15 is 0 Å². The van der Waals surface area contributed by atoms with E-state index in [1.54, 1.807) is 0 Å². The number of nitrogens with one attached hydrogen (secondary N) is 1. The zero-order chi connectivity index (χ0) is 13.2. The van der Waals surface area contributed by atoms with Gasteiger partial charge < -0.3 is 10.4 Å². The Labute approximate surface area is 114 Å². The third-order valence-corrected chi connectivity index (χ3v) is 3.94. The van der Waals surface area contributed by atoms with E-state index in [-0.39, 0.29) is 12.1 Å². The molecule has 2 rings (SSSR count). The Morgan fingerprint density at radius 3 is 2.83 bits per heavy atom. The third kappa shape index (κ3) is 2.88. The van der Waals surface area contributed by atoms with Gasteiger partial charge in [0.2, 0.25) is 0 Å². The summed E-state index contributed by atoms with van der Waals surface area (Å²) in [6.07, 6.45) is 0. The van der Waals surface area contributed by atoms with Crippen LogP contribution < -0.4 is 5.32 Å². The van der Waals surface area contributed by atoms with Crippen LogP contribution in [-0.4, -0.2) is 22.2 Å². The lowest BCUT2D eigenvalue weighted by Gasteiger charge is -2.22. The lowest BCUT2D eigenvalue weighted by Crippen LogP contribution is -2.34. The summed E-state index contributed by atoms with van der Waals surface area (Å²) < 4.78 is 0. The first kappa shape index (κ1) is 13.0. The largest absolute Gasteiger partial charge is 0.394 e. The van der Waals surface area contributed by atoms with Gasteiger partial charge in [0.15, 0.2) is 5.13 Å². The van der Waals surface area contributed by atoms with Crippen LogP contribution in [0.1, 0.15) is 18.7 Å². The van der Waals surface area contributed by atoms with Crippen LogP contribution in [0.3, 0.4) is 0 Å². The first-order valence-corrected chi connectivity index (χ1v) is 7.13. The lowest BCUT2D eigenvalue weighted by molar-refractivity contribution is 0.234. The molecule has 0 fully saturated rings. The summed E-state index contributed by atoms with van der Waals surface area (Å²) in [7, 11) is 0. The topological polar surface area (TPSA) is 68.9 Å². The smallest absolute Gasteiger partial charge is 0.183 e. The van der Waals surface area contributed by atoms with Crippen molar-refractivity contribution in [1.82, 2.24) is 4.98 Å². The molecule has 0 bridgehead atoms. The summed E-state index contributed by atoms with van der Waals surface area (Å²) in [5, 5.41) is 25.8. The third-order valence-electron chi connectivity index (χ3n) is 2.35. The fourth-order valence-electron chi connectivity index (χ4n) is 1.32. The van der Waals surface area contributed by atoms with Crippen LogP contribution in [-0.2, 0) is 0 Å². The number of thiophene rings is 1. The molecule has 0 saturated carbocycles. The van der Waals surface area contributed by atoms with Gasteiger partial charge in [0, 0.05) is 16.3 Å². The van der Waals surface area contributed by atoms with Crippen molar-refractivity contribution < 1.29 is 5.11 Å². The predicted molar refractivity (Wildman–Crippen MR) is 74.9 cm³/mol. The lowest BCUT2D eigenvalue weighted by atomic mass is 10.1. The van der Waals surface area contributed by atoms with Gasteiger partial charge in [-0.3, -0.25) is 0 Å². The molecule has 0 aliphatic carbocycles. The monoisotopic (exact) mass is 279 g/mol. The van der Waals surface area contributed by atoms with Crippen molar-refractivity contribution >= 4 is 27.8 Å². The highest BCUT2D eigenvalue weighted by atomic mass is 32.1. The summed E-state index contributed by atoms with van der Waals surface area (Å²) >= 11 is 2.91. The van der Waals surface area contributed by atoms with Gasteiger partial charge in [-0.05, 0) is 19.9 Å². The fourth-order valence-corrected chi connectivity index (χ4v) is 2.91. The number of anilines is 1. The molecular weight excluding hydrogens is 266 g/mol. The molecule has 2 aromatic heterocycles. The Bertz CT molecular complexity index is 580. The van der Waals surface area contributed by atoms with Crippen molar-refractivity contribution in [3.63, 3.8) is 0 Å². The zero-order valence-corrected chi connectivity index (χ0v) is 11.7. The maximum Gasteiger partial charge on any atom is 0.183 e. The molecule has 0 aromatic carbocycles. The number of thiazole rings is 1. The minimum atomic E-state index is -0.387. The second-order valence-corrected chi connectivity index (χ2v) is 6.29. The van der Waals surface area contributed by atoms with E-state index in [4.69, 9.17) is 5.26 Å². The molecule has 6 heteroatoms. The number of aromatic nitrogens is 1. The first-order valence-electron chi connectivity index (χ1n) is 5.37. The Balaban J connectivity index is 2.18. The summed E-state index contributed by atoms with van der Waals surface area (Å²) in [6, 6.07) is 3.95. The Kier molecular flexibility index (Phi) is 3.66. The maximum atomic E-state index is 9.19. The molecule has 18 heavy (non-hydrogen) atoms. The van der Waals surface area contributed by atoms with Crippen LogP contribution in [0.15, 0.2) is 16.8 Å². The van der Waals surface area contributed by atoms with E-state index in [1.165, 1.54) is 22.7 Å². The molecular formula is C12H13N3OS2. The van der Waals surface area contributed by atoms with Gasteiger partial charge in [-0.15, -0.1) is 22.7 Å². The van der Waals surface area contributed by atoms with E-state index in [0.717, 1.165) is 16.4 Å². The number of nitrogens with zero attached hydrogens (tertiary/aromatic N) is 2. The van der Waals surface area contributed by atoms with Crippen molar-refractivity contribution in [3.05, 3.63) is 21.7 Å². The van der Waals surface area contributed by atoms with E-state index in [9.17, 15) is 5.11 Å². The predicted octanol–water partition coefficient (Wildman–Crippen LogP) is 2.93. The van der Waals surface area contributed by atoms with Crippen LogP contribution in [0.2, 0.25) is 0 Å². The number of hydrogen-bond donors (Lipinski definition) is 2. The van der Waals surface area contributed by atoms with E-state index in [0.29, 0.717) is 4.88 Å². The number of hydrogen-bond acceptors (Lipinski definition) is 6.